The minimum Gasteiger partial charge on any atom is -0.320 e. The van der Waals surface area contributed by atoms with Gasteiger partial charge in [0.05, 0.1) is 0 Å². The molecular weight excluding hydrogens is 150 g/mol. The summed E-state index contributed by atoms with van der Waals surface area (Å²) < 4.78 is 0. The molecule has 0 aromatic carbocycles. The maximum Gasteiger partial charge on any atom is 0.00490 e. The summed E-state index contributed by atoms with van der Waals surface area (Å²) in [6, 6.07) is 0. The molecule has 0 aliphatic carbocycles. The number of hydrogen-bond acceptors (Lipinski definition) is 3. The first-order valence-corrected chi connectivity index (χ1v) is 5.79. The van der Waals surface area contributed by atoms with E-state index in [2.05, 4.69) is 12.2 Å². The van der Waals surface area contributed by atoms with E-state index >= 15 is 0 Å². The molecule has 0 saturated heterocycles. The van der Waals surface area contributed by atoms with Gasteiger partial charge in [-0.1, -0.05) is 28.5 Å². The monoisotopic (exact) mass is 165 g/mol. The standard InChI is InChI=1S/C6H15NS2/c1-3-8-9-6-4-5-7-2/h7H,3-6H2,1-2H3. The Balaban J connectivity index is 2.60. The summed E-state index contributed by atoms with van der Waals surface area (Å²) in [5, 5.41) is 3.12. The van der Waals surface area contributed by atoms with E-state index in [1.807, 2.05) is 28.6 Å². The summed E-state index contributed by atoms with van der Waals surface area (Å²) in [5.74, 6) is 2.50. The van der Waals surface area contributed by atoms with Crippen LogP contribution in [0.2, 0.25) is 0 Å². The third kappa shape index (κ3) is 8.66. The average Bonchev–Trinajstić information content (AvgIpc) is 1.89. The van der Waals surface area contributed by atoms with Crippen LogP contribution in [0.15, 0.2) is 0 Å². The average molecular weight is 165 g/mol. The molecule has 0 rings (SSSR count). The van der Waals surface area contributed by atoms with Gasteiger partial charge in [0.25, 0.3) is 0 Å². The zero-order chi connectivity index (χ0) is 6.95. The molecule has 0 saturated carbocycles. The Bertz CT molecular complexity index is 44.3. The Kier molecular flexibility index (Phi) is 9.30. The number of rotatable bonds is 6. The van der Waals surface area contributed by atoms with Gasteiger partial charge in [-0.3, -0.25) is 0 Å². The van der Waals surface area contributed by atoms with Gasteiger partial charge in [-0.2, -0.15) is 0 Å². The molecule has 1 nitrogen and oxygen atoms in total. The van der Waals surface area contributed by atoms with E-state index in [1.54, 1.807) is 0 Å². The van der Waals surface area contributed by atoms with E-state index in [0.717, 1.165) is 6.54 Å². The fourth-order valence-corrected chi connectivity index (χ4v) is 2.20. The fourth-order valence-electron chi connectivity index (χ4n) is 0.450. The molecule has 0 heterocycles. The van der Waals surface area contributed by atoms with Gasteiger partial charge in [0.2, 0.25) is 0 Å². The number of hydrogen-bond donors (Lipinski definition) is 1. The van der Waals surface area contributed by atoms with Crippen LogP contribution in [0.3, 0.4) is 0 Å². The van der Waals surface area contributed by atoms with Crippen molar-refractivity contribution in [3.63, 3.8) is 0 Å². The van der Waals surface area contributed by atoms with Gasteiger partial charge in [0.15, 0.2) is 0 Å². The Labute approximate surface area is 65.8 Å². The summed E-state index contributed by atoms with van der Waals surface area (Å²) in [6.07, 6.45) is 1.29. The molecule has 0 radical (unpaired) electrons. The van der Waals surface area contributed by atoms with E-state index in [9.17, 15) is 0 Å². The van der Waals surface area contributed by atoms with Crippen LogP contribution >= 0.6 is 21.6 Å². The predicted molar refractivity (Wildman–Crippen MR) is 49.1 cm³/mol. The van der Waals surface area contributed by atoms with Crippen molar-refractivity contribution in [3.8, 4) is 0 Å². The predicted octanol–water partition coefficient (Wildman–Crippen LogP) is 2.00. The van der Waals surface area contributed by atoms with E-state index in [-0.39, 0.29) is 0 Å². The summed E-state index contributed by atoms with van der Waals surface area (Å²) in [4.78, 5) is 0. The molecule has 3 heteroatoms. The Morgan fingerprint density at radius 1 is 1.33 bits per heavy atom. The zero-order valence-electron chi connectivity index (χ0n) is 6.14. The lowest BCUT2D eigenvalue weighted by Crippen LogP contribution is -2.07. The quantitative estimate of drug-likeness (QED) is 0.477. The minimum absolute atomic E-state index is 1.15. The lowest BCUT2D eigenvalue weighted by molar-refractivity contribution is 0.779. The van der Waals surface area contributed by atoms with Gasteiger partial charge >= 0.3 is 0 Å². The van der Waals surface area contributed by atoms with Crippen LogP contribution in [0.1, 0.15) is 13.3 Å². The minimum atomic E-state index is 1.15. The maximum absolute atomic E-state index is 3.12. The molecule has 0 aromatic rings. The van der Waals surface area contributed by atoms with Crippen LogP contribution < -0.4 is 5.32 Å². The third-order valence-electron chi connectivity index (χ3n) is 0.856. The third-order valence-corrected chi connectivity index (χ3v) is 3.42. The molecule has 0 spiro atoms. The zero-order valence-corrected chi connectivity index (χ0v) is 7.78. The molecular formula is C6H15NS2. The highest BCUT2D eigenvalue weighted by Crippen LogP contribution is 2.20. The Morgan fingerprint density at radius 2 is 2.11 bits per heavy atom. The topological polar surface area (TPSA) is 12.0 Å². The van der Waals surface area contributed by atoms with Crippen LogP contribution in [0.25, 0.3) is 0 Å². The summed E-state index contributed by atoms with van der Waals surface area (Å²) >= 11 is 0. The van der Waals surface area contributed by atoms with Crippen molar-refractivity contribution in [1.29, 1.82) is 0 Å². The van der Waals surface area contributed by atoms with Crippen molar-refractivity contribution in [3.05, 3.63) is 0 Å². The van der Waals surface area contributed by atoms with Crippen LogP contribution in [0.4, 0.5) is 0 Å². The van der Waals surface area contributed by atoms with Crippen LogP contribution in [0.5, 0.6) is 0 Å². The van der Waals surface area contributed by atoms with Gasteiger partial charge in [-0.15, -0.1) is 0 Å². The smallest absolute Gasteiger partial charge is 0.00490 e. The highest BCUT2D eigenvalue weighted by atomic mass is 33.1. The maximum atomic E-state index is 3.12. The molecule has 0 aliphatic rings. The normalized spacial score (nSPS) is 10.0. The van der Waals surface area contributed by atoms with E-state index in [4.69, 9.17) is 0 Å². The molecule has 0 fully saturated rings. The van der Waals surface area contributed by atoms with E-state index in [0.29, 0.717) is 0 Å². The SMILES string of the molecule is CCSSCCCNC. The van der Waals surface area contributed by atoms with Crippen LogP contribution in [-0.2, 0) is 0 Å². The van der Waals surface area contributed by atoms with Crippen molar-refractivity contribution in [2.24, 2.45) is 0 Å². The Hall–Kier alpha value is 0.660. The van der Waals surface area contributed by atoms with Crippen molar-refractivity contribution in [2.75, 3.05) is 25.1 Å². The molecule has 0 aliphatic heterocycles. The molecule has 1 N–H and O–H groups in total. The first-order valence-electron chi connectivity index (χ1n) is 3.30. The van der Waals surface area contributed by atoms with Gasteiger partial charge in [0, 0.05) is 11.5 Å². The molecule has 9 heavy (non-hydrogen) atoms. The summed E-state index contributed by atoms with van der Waals surface area (Å²) in [5.41, 5.74) is 0. The Morgan fingerprint density at radius 3 is 2.67 bits per heavy atom. The van der Waals surface area contributed by atoms with Gasteiger partial charge in [0.1, 0.15) is 0 Å². The lowest BCUT2D eigenvalue weighted by Gasteiger charge is -1.96. The second-order valence-corrected chi connectivity index (χ2v) is 4.56. The molecule has 0 aromatic heterocycles. The van der Waals surface area contributed by atoms with Crippen molar-refractivity contribution >= 4 is 21.6 Å². The number of nitrogens with one attached hydrogen (secondary N) is 1. The molecule has 0 bridgehead atoms. The summed E-state index contributed by atoms with van der Waals surface area (Å²) in [7, 11) is 5.91. The molecule has 0 unspecified atom stereocenters. The van der Waals surface area contributed by atoms with Crippen molar-refractivity contribution in [2.45, 2.75) is 13.3 Å². The molecule has 0 amide bonds. The van der Waals surface area contributed by atoms with Crippen molar-refractivity contribution in [1.82, 2.24) is 5.32 Å². The van der Waals surface area contributed by atoms with Gasteiger partial charge in [-0.05, 0) is 20.0 Å². The van der Waals surface area contributed by atoms with Gasteiger partial charge < -0.3 is 5.32 Å². The second kappa shape index (κ2) is 8.66. The van der Waals surface area contributed by atoms with Gasteiger partial charge in [-0.25, -0.2) is 0 Å². The van der Waals surface area contributed by atoms with E-state index < -0.39 is 0 Å². The van der Waals surface area contributed by atoms with Crippen molar-refractivity contribution < 1.29 is 0 Å². The largest absolute Gasteiger partial charge is 0.320 e. The summed E-state index contributed by atoms with van der Waals surface area (Å²) in [6.45, 7) is 3.34. The van der Waals surface area contributed by atoms with Crippen LogP contribution in [-0.4, -0.2) is 25.1 Å². The fraction of sp³-hybridized carbons (Fsp3) is 1.00. The first kappa shape index (κ1) is 9.66. The highest BCUT2D eigenvalue weighted by Gasteiger charge is 1.85. The highest BCUT2D eigenvalue weighted by molar-refractivity contribution is 8.76. The van der Waals surface area contributed by atoms with Crippen LogP contribution in [0, 0.1) is 0 Å². The lowest BCUT2D eigenvalue weighted by atomic mass is 10.5. The second-order valence-electron chi connectivity index (χ2n) is 1.69. The molecule has 56 valence electrons. The molecule has 0 atom stereocenters. The first-order chi connectivity index (χ1) is 4.41. The van der Waals surface area contributed by atoms with E-state index in [1.165, 1.54) is 17.9 Å².